The third-order valence-corrected chi connectivity index (χ3v) is 1.91. The van der Waals surface area contributed by atoms with Crippen LogP contribution in [-0.4, -0.2) is 36.5 Å². The Labute approximate surface area is 95.2 Å². The number of aliphatic hydroxyl groups excluding tert-OH is 1. The van der Waals surface area contributed by atoms with E-state index in [0.717, 1.165) is 5.56 Å². The fourth-order valence-corrected chi connectivity index (χ4v) is 0.989. The van der Waals surface area contributed by atoms with Crippen LogP contribution in [0.3, 0.4) is 0 Å². The SMILES string of the molecule is COC(C)COc1cncc(C#CCO)c1. The summed E-state index contributed by atoms with van der Waals surface area (Å²) in [5.74, 6) is 5.96. The van der Waals surface area contributed by atoms with Crippen LogP contribution >= 0.6 is 0 Å². The van der Waals surface area contributed by atoms with E-state index in [-0.39, 0.29) is 12.7 Å². The van der Waals surface area contributed by atoms with E-state index in [4.69, 9.17) is 14.6 Å². The van der Waals surface area contributed by atoms with Crippen molar-refractivity contribution in [1.82, 2.24) is 4.98 Å². The van der Waals surface area contributed by atoms with Gasteiger partial charge in [-0.15, -0.1) is 0 Å². The number of ether oxygens (including phenoxy) is 2. The zero-order valence-electron chi connectivity index (χ0n) is 9.43. The van der Waals surface area contributed by atoms with Crippen molar-refractivity contribution >= 4 is 0 Å². The first-order valence-corrected chi connectivity index (χ1v) is 4.96. The summed E-state index contributed by atoms with van der Waals surface area (Å²) < 4.78 is 10.5. The number of hydrogen-bond donors (Lipinski definition) is 1. The van der Waals surface area contributed by atoms with Crippen molar-refractivity contribution in [2.75, 3.05) is 20.3 Å². The number of aliphatic hydroxyl groups is 1. The second-order valence-electron chi connectivity index (χ2n) is 3.23. The van der Waals surface area contributed by atoms with E-state index in [1.807, 2.05) is 6.92 Å². The van der Waals surface area contributed by atoms with Crippen molar-refractivity contribution in [1.29, 1.82) is 0 Å². The maximum Gasteiger partial charge on any atom is 0.138 e. The highest BCUT2D eigenvalue weighted by atomic mass is 16.5. The zero-order chi connectivity index (χ0) is 11.8. The Bertz CT molecular complexity index is 381. The molecule has 4 heteroatoms. The highest BCUT2D eigenvalue weighted by Crippen LogP contribution is 2.10. The molecule has 0 aliphatic carbocycles. The predicted octanol–water partition coefficient (Wildman–Crippen LogP) is 0.839. The minimum atomic E-state index is -0.161. The minimum Gasteiger partial charge on any atom is -0.489 e. The van der Waals surface area contributed by atoms with Crippen LogP contribution in [0.1, 0.15) is 12.5 Å². The quantitative estimate of drug-likeness (QED) is 0.765. The van der Waals surface area contributed by atoms with Crippen molar-refractivity contribution in [3.8, 4) is 17.6 Å². The topological polar surface area (TPSA) is 51.6 Å². The highest BCUT2D eigenvalue weighted by molar-refractivity contribution is 5.36. The highest BCUT2D eigenvalue weighted by Gasteiger charge is 2.01. The van der Waals surface area contributed by atoms with Crippen LogP contribution in [0.4, 0.5) is 0 Å². The predicted molar refractivity (Wildman–Crippen MR) is 60.2 cm³/mol. The lowest BCUT2D eigenvalue weighted by Crippen LogP contribution is -2.15. The van der Waals surface area contributed by atoms with E-state index >= 15 is 0 Å². The third-order valence-electron chi connectivity index (χ3n) is 1.91. The Morgan fingerprint density at radius 2 is 2.31 bits per heavy atom. The average Bonchev–Trinajstić information content (AvgIpc) is 2.34. The van der Waals surface area contributed by atoms with Crippen LogP contribution in [0.15, 0.2) is 18.5 Å². The maximum atomic E-state index is 8.56. The van der Waals surface area contributed by atoms with Gasteiger partial charge >= 0.3 is 0 Å². The summed E-state index contributed by atoms with van der Waals surface area (Å²) in [7, 11) is 1.63. The molecule has 0 bridgehead atoms. The zero-order valence-corrected chi connectivity index (χ0v) is 9.43. The van der Waals surface area contributed by atoms with Gasteiger partial charge in [0.05, 0.1) is 12.3 Å². The minimum absolute atomic E-state index is 0.0344. The van der Waals surface area contributed by atoms with Gasteiger partial charge in [-0.25, -0.2) is 0 Å². The van der Waals surface area contributed by atoms with Gasteiger partial charge < -0.3 is 14.6 Å². The molecule has 1 heterocycles. The smallest absolute Gasteiger partial charge is 0.138 e. The van der Waals surface area contributed by atoms with E-state index in [1.165, 1.54) is 0 Å². The molecule has 0 aliphatic rings. The Hall–Kier alpha value is -1.57. The van der Waals surface area contributed by atoms with Gasteiger partial charge in [0.15, 0.2) is 0 Å². The molecule has 0 radical (unpaired) electrons. The van der Waals surface area contributed by atoms with Crippen molar-refractivity contribution in [2.24, 2.45) is 0 Å². The van der Waals surface area contributed by atoms with Crippen molar-refractivity contribution in [3.63, 3.8) is 0 Å². The van der Waals surface area contributed by atoms with Gasteiger partial charge in [-0.1, -0.05) is 11.8 Å². The summed E-state index contributed by atoms with van der Waals surface area (Å²) in [5, 5.41) is 8.56. The number of aromatic nitrogens is 1. The summed E-state index contributed by atoms with van der Waals surface area (Å²) in [6.07, 6.45) is 3.27. The molecule has 0 amide bonds. The van der Waals surface area contributed by atoms with Crippen LogP contribution in [0, 0.1) is 11.8 Å². The molecule has 0 aliphatic heterocycles. The molecular weight excluding hydrogens is 206 g/mol. The lowest BCUT2D eigenvalue weighted by molar-refractivity contribution is 0.0715. The number of nitrogens with zero attached hydrogens (tertiary/aromatic N) is 1. The molecule has 1 atom stereocenters. The van der Waals surface area contributed by atoms with Gasteiger partial charge in [0.2, 0.25) is 0 Å². The summed E-state index contributed by atoms with van der Waals surface area (Å²) in [6, 6.07) is 1.78. The van der Waals surface area contributed by atoms with E-state index in [0.29, 0.717) is 12.4 Å². The molecule has 1 aromatic heterocycles. The first-order valence-electron chi connectivity index (χ1n) is 4.96. The summed E-state index contributed by atoms with van der Waals surface area (Å²) in [6.45, 7) is 2.23. The molecule has 1 aromatic rings. The average molecular weight is 221 g/mol. The van der Waals surface area contributed by atoms with E-state index in [1.54, 1.807) is 25.6 Å². The first-order chi connectivity index (χ1) is 7.76. The second-order valence-corrected chi connectivity index (χ2v) is 3.23. The summed E-state index contributed by atoms with van der Waals surface area (Å²) in [5.41, 5.74) is 0.719. The molecule has 0 saturated heterocycles. The van der Waals surface area contributed by atoms with E-state index in [2.05, 4.69) is 16.8 Å². The molecule has 86 valence electrons. The van der Waals surface area contributed by atoms with Crippen molar-refractivity contribution in [3.05, 3.63) is 24.0 Å². The van der Waals surface area contributed by atoms with Gasteiger partial charge in [0, 0.05) is 18.9 Å². The van der Waals surface area contributed by atoms with Crippen LogP contribution in [0.5, 0.6) is 5.75 Å². The summed E-state index contributed by atoms with van der Waals surface area (Å²) in [4.78, 5) is 3.99. The van der Waals surface area contributed by atoms with Gasteiger partial charge in [-0.2, -0.15) is 0 Å². The molecule has 0 spiro atoms. The lowest BCUT2D eigenvalue weighted by atomic mass is 10.3. The monoisotopic (exact) mass is 221 g/mol. The van der Waals surface area contributed by atoms with Crippen LogP contribution < -0.4 is 4.74 Å². The van der Waals surface area contributed by atoms with E-state index in [9.17, 15) is 0 Å². The number of hydrogen-bond acceptors (Lipinski definition) is 4. The van der Waals surface area contributed by atoms with Gasteiger partial charge in [0.25, 0.3) is 0 Å². The molecule has 0 saturated carbocycles. The van der Waals surface area contributed by atoms with Crippen molar-refractivity contribution in [2.45, 2.75) is 13.0 Å². The molecule has 16 heavy (non-hydrogen) atoms. The molecule has 1 N–H and O–H groups in total. The Morgan fingerprint density at radius 1 is 1.50 bits per heavy atom. The summed E-state index contributed by atoms with van der Waals surface area (Å²) >= 11 is 0. The molecule has 4 nitrogen and oxygen atoms in total. The Balaban J connectivity index is 2.60. The Morgan fingerprint density at radius 3 is 3.00 bits per heavy atom. The largest absolute Gasteiger partial charge is 0.489 e. The first kappa shape index (κ1) is 12.5. The lowest BCUT2D eigenvalue weighted by Gasteiger charge is -2.10. The number of methoxy groups -OCH3 is 1. The number of pyridine rings is 1. The van der Waals surface area contributed by atoms with Crippen LogP contribution in [0.2, 0.25) is 0 Å². The number of rotatable bonds is 4. The third kappa shape index (κ3) is 4.30. The fourth-order valence-electron chi connectivity index (χ4n) is 0.989. The molecule has 1 rings (SSSR count). The standard InChI is InChI=1S/C12H15NO3/c1-10(15-2)9-16-12-6-11(4-3-5-14)7-13-8-12/h6-8,10,14H,5,9H2,1-2H3. The van der Waals surface area contributed by atoms with Gasteiger partial charge in [-0.3, -0.25) is 4.98 Å². The molecule has 1 unspecified atom stereocenters. The van der Waals surface area contributed by atoms with Gasteiger partial charge in [0.1, 0.15) is 19.0 Å². The van der Waals surface area contributed by atoms with Gasteiger partial charge in [-0.05, 0) is 13.0 Å². The van der Waals surface area contributed by atoms with Crippen LogP contribution in [-0.2, 0) is 4.74 Å². The van der Waals surface area contributed by atoms with Crippen LogP contribution in [0.25, 0.3) is 0 Å². The van der Waals surface area contributed by atoms with E-state index < -0.39 is 0 Å². The maximum absolute atomic E-state index is 8.56. The molecule has 0 fully saturated rings. The molecular formula is C12H15NO3. The Kier molecular flexibility index (Phi) is 5.34. The normalized spacial score (nSPS) is 11.4. The fraction of sp³-hybridized carbons (Fsp3) is 0.417. The van der Waals surface area contributed by atoms with Crippen molar-refractivity contribution < 1.29 is 14.6 Å². The second kappa shape index (κ2) is 6.83. The molecule has 0 aromatic carbocycles.